The number of aliphatic hydroxyl groups excluding tert-OH is 2. The fourth-order valence-electron chi connectivity index (χ4n) is 1.91. The maximum atomic E-state index is 11.3. The molecule has 4 nitrogen and oxygen atoms in total. The Kier molecular flexibility index (Phi) is 8.00. The summed E-state index contributed by atoms with van der Waals surface area (Å²) in [5.74, 6) is 0.321. The molecule has 0 spiro atoms. The van der Waals surface area contributed by atoms with E-state index in [0.29, 0.717) is 12.8 Å². The van der Waals surface area contributed by atoms with Crippen LogP contribution >= 0.6 is 0 Å². The first-order chi connectivity index (χ1) is 7.87. The van der Waals surface area contributed by atoms with Crippen molar-refractivity contribution in [1.29, 1.82) is 0 Å². The van der Waals surface area contributed by atoms with Crippen molar-refractivity contribution in [3.63, 3.8) is 0 Å². The lowest BCUT2D eigenvalue weighted by Crippen LogP contribution is -2.33. The minimum atomic E-state index is -2.96. The van der Waals surface area contributed by atoms with Crippen LogP contribution in [0, 0.1) is 5.92 Å². The molecule has 0 aliphatic rings. The van der Waals surface area contributed by atoms with Crippen LogP contribution in [0.2, 0.25) is 0 Å². The summed E-state index contributed by atoms with van der Waals surface area (Å²) in [6.07, 6.45) is 0.844. The van der Waals surface area contributed by atoms with Crippen molar-refractivity contribution in [3.05, 3.63) is 0 Å². The summed E-state index contributed by atoms with van der Waals surface area (Å²) in [7, 11) is -2.96. The van der Waals surface area contributed by atoms with Gasteiger partial charge in [-0.05, 0) is 18.8 Å². The SMILES string of the molecule is CCC(CC)C(O)C(O)CCCS(=O)(=O)CC. The normalized spacial score (nSPS) is 16.1. The number of hydrogen-bond acceptors (Lipinski definition) is 4. The molecule has 0 saturated carbocycles. The third-order valence-corrected chi connectivity index (χ3v) is 5.11. The van der Waals surface area contributed by atoms with Gasteiger partial charge in [-0.1, -0.05) is 33.6 Å². The molecule has 2 atom stereocenters. The van der Waals surface area contributed by atoms with E-state index in [4.69, 9.17) is 0 Å². The monoisotopic (exact) mass is 266 g/mol. The average Bonchev–Trinajstić information content (AvgIpc) is 2.30. The predicted octanol–water partition coefficient (Wildman–Crippen LogP) is 1.36. The highest BCUT2D eigenvalue weighted by molar-refractivity contribution is 7.91. The highest BCUT2D eigenvalue weighted by Gasteiger charge is 2.23. The van der Waals surface area contributed by atoms with Crippen molar-refractivity contribution in [3.8, 4) is 0 Å². The van der Waals surface area contributed by atoms with Crippen LogP contribution in [0.5, 0.6) is 0 Å². The molecule has 0 aromatic heterocycles. The van der Waals surface area contributed by atoms with Gasteiger partial charge < -0.3 is 10.2 Å². The highest BCUT2D eigenvalue weighted by atomic mass is 32.2. The summed E-state index contributed by atoms with van der Waals surface area (Å²) >= 11 is 0. The second-order valence-electron chi connectivity index (χ2n) is 4.51. The molecule has 0 aliphatic heterocycles. The van der Waals surface area contributed by atoms with E-state index in [0.717, 1.165) is 12.8 Å². The van der Waals surface area contributed by atoms with Gasteiger partial charge >= 0.3 is 0 Å². The van der Waals surface area contributed by atoms with Gasteiger partial charge in [0.15, 0.2) is 0 Å². The number of rotatable bonds is 9. The fraction of sp³-hybridized carbons (Fsp3) is 1.00. The molecule has 5 heteroatoms. The molecule has 0 bridgehead atoms. The molecule has 17 heavy (non-hydrogen) atoms. The lowest BCUT2D eigenvalue weighted by Gasteiger charge is -2.24. The minimum Gasteiger partial charge on any atom is -0.390 e. The lowest BCUT2D eigenvalue weighted by molar-refractivity contribution is -0.0233. The number of sulfone groups is 1. The van der Waals surface area contributed by atoms with Crippen LogP contribution in [0.25, 0.3) is 0 Å². The summed E-state index contributed by atoms with van der Waals surface area (Å²) in [5, 5.41) is 19.6. The van der Waals surface area contributed by atoms with Gasteiger partial charge in [0.25, 0.3) is 0 Å². The Bertz CT molecular complexity index is 283. The van der Waals surface area contributed by atoms with E-state index in [-0.39, 0.29) is 17.4 Å². The molecule has 0 amide bonds. The summed E-state index contributed by atoms with van der Waals surface area (Å²) < 4.78 is 22.5. The summed E-state index contributed by atoms with van der Waals surface area (Å²) in [6, 6.07) is 0. The summed E-state index contributed by atoms with van der Waals surface area (Å²) in [5.41, 5.74) is 0. The summed E-state index contributed by atoms with van der Waals surface area (Å²) in [4.78, 5) is 0. The summed E-state index contributed by atoms with van der Waals surface area (Å²) in [6.45, 7) is 5.57. The first-order valence-electron chi connectivity index (χ1n) is 6.44. The molecule has 0 aromatic carbocycles. The average molecular weight is 266 g/mol. The Morgan fingerprint density at radius 1 is 1.06 bits per heavy atom. The van der Waals surface area contributed by atoms with Gasteiger partial charge in [-0.25, -0.2) is 8.42 Å². The van der Waals surface area contributed by atoms with E-state index in [2.05, 4.69) is 0 Å². The molecule has 0 saturated heterocycles. The molecular weight excluding hydrogens is 240 g/mol. The Balaban J connectivity index is 4.05. The third-order valence-electron chi connectivity index (χ3n) is 3.32. The van der Waals surface area contributed by atoms with Crippen molar-refractivity contribution in [2.24, 2.45) is 5.92 Å². The Labute approximate surface area is 105 Å². The smallest absolute Gasteiger partial charge is 0.150 e. The van der Waals surface area contributed by atoms with Crippen LogP contribution < -0.4 is 0 Å². The molecule has 0 radical (unpaired) electrons. The van der Waals surface area contributed by atoms with Gasteiger partial charge in [0, 0.05) is 5.75 Å². The van der Waals surface area contributed by atoms with Crippen LogP contribution in [-0.2, 0) is 9.84 Å². The fourth-order valence-corrected chi connectivity index (χ4v) is 2.81. The minimum absolute atomic E-state index is 0.0905. The molecular formula is C12H26O4S. The zero-order chi connectivity index (χ0) is 13.5. The second kappa shape index (κ2) is 8.06. The van der Waals surface area contributed by atoms with Crippen molar-refractivity contribution in [1.82, 2.24) is 0 Å². The standard InChI is InChI=1S/C12H26O4S/c1-4-10(5-2)12(14)11(13)8-7-9-17(15,16)6-3/h10-14H,4-9H2,1-3H3. The third kappa shape index (κ3) is 6.38. The van der Waals surface area contributed by atoms with Crippen LogP contribution in [0.3, 0.4) is 0 Å². The maximum absolute atomic E-state index is 11.3. The lowest BCUT2D eigenvalue weighted by atomic mass is 9.91. The Morgan fingerprint density at radius 3 is 2.00 bits per heavy atom. The largest absolute Gasteiger partial charge is 0.390 e. The van der Waals surface area contributed by atoms with Gasteiger partial charge in [-0.2, -0.15) is 0 Å². The van der Waals surface area contributed by atoms with Crippen LogP contribution in [0.4, 0.5) is 0 Å². The van der Waals surface area contributed by atoms with Gasteiger partial charge in [0.1, 0.15) is 9.84 Å². The van der Waals surface area contributed by atoms with Crippen molar-refractivity contribution in [2.45, 2.75) is 58.7 Å². The van der Waals surface area contributed by atoms with Gasteiger partial charge in [-0.3, -0.25) is 0 Å². The van der Waals surface area contributed by atoms with Crippen LogP contribution in [0.15, 0.2) is 0 Å². The van der Waals surface area contributed by atoms with Gasteiger partial charge in [0.05, 0.1) is 18.0 Å². The highest BCUT2D eigenvalue weighted by Crippen LogP contribution is 2.18. The number of aliphatic hydroxyl groups is 2. The molecule has 0 heterocycles. The number of hydrogen-bond donors (Lipinski definition) is 2. The van der Waals surface area contributed by atoms with E-state index in [9.17, 15) is 18.6 Å². The Hall–Kier alpha value is -0.130. The zero-order valence-corrected chi connectivity index (χ0v) is 11.9. The van der Waals surface area contributed by atoms with Crippen LogP contribution in [0.1, 0.15) is 46.5 Å². The van der Waals surface area contributed by atoms with E-state index >= 15 is 0 Å². The Morgan fingerprint density at radius 2 is 1.59 bits per heavy atom. The van der Waals surface area contributed by atoms with Crippen LogP contribution in [-0.4, -0.2) is 42.3 Å². The van der Waals surface area contributed by atoms with E-state index < -0.39 is 22.0 Å². The predicted molar refractivity (Wildman–Crippen MR) is 69.6 cm³/mol. The first-order valence-corrected chi connectivity index (χ1v) is 8.26. The molecule has 0 aromatic rings. The van der Waals surface area contributed by atoms with Crippen molar-refractivity contribution >= 4 is 9.84 Å². The second-order valence-corrected chi connectivity index (χ2v) is 6.99. The molecule has 104 valence electrons. The van der Waals surface area contributed by atoms with E-state index in [1.54, 1.807) is 6.92 Å². The van der Waals surface area contributed by atoms with E-state index in [1.807, 2.05) is 13.8 Å². The first kappa shape index (κ1) is 16.9. The molecule has 0 fully saturated rings. The van der Waals surface area contributed by atoms with Crippen molar-refractivity contribution in [2.75, 3.05) is 11.5 Å². The van der Waals surface area contributed by atoms with E-state index in [1.165, 1.54) is 0 Å². The molecule has 2 N–H and O–H groups in total. The van der Waals surface area contributed by atoms with Gasteiger partial charge in [-0.15, -0.1) is 0 Å². The molecule has 0 aliphatic carbocycles. The quantitative estimate of drug-likeness (QED) is 0.661. The van der Waals surface area contributed by atoms with Crippen molar-refractivity contribution < 1.29 is 18.6 Å². The maximum Gasteiger partial charge on any atom is 0.150 e. The topological polar surface area (TPSA) is 74.6 Å². The zero-order valence-electron chi connectivity index (χ0n) is 11.1. The molecule has 0 rings (SSSR count). The molecule has 2 unspecified atom stereocenters. The van der Waals surface area contributed by atoms with Gasteiger partial charge in [0.2, 0.25) is 0 Å².